The molecule has 0 amide bonds. The number of fused-ring (bicyclic) bond motifs is 2. The third-order valence-electron chi connectivity index (χ3n) is 4.08. The van der Waals surface area contributed by atoms with E-state index in [9.17, 15) is 5.26 Å². The summed E-state index contributed by atoms with van der Waals surface area (Å²) in [4.78, 5) is 4.23. The van der Waals surface area contributed by atoms with Crippen LogP contribution in [0, 0.1) is 22.7 Å². The van der Waals surface area contributed by atoms with Gasteiger partial charge in [0.2, 0.25) is 5.88 Å². The molecule has 0 saturated heterocycles. The molecular weight excluding hydrogens is 334 g/mol. The van der Waals surface area contributed by atoms with Gasteiger partial charge in [0.25, 0.3) is 0 Å². The van der Waals surface area contributed by atoms with Crippen LogP contribution in [0.5, 0.6) is 23.1 Å². The fourth-order valence-corrected chi connectivity index (χ4v) is 2.85. The monoisotopic (exact) mass is 351 g/mol. The highest BCUT2D eigenvalue weighted by atomic mass is 16.5. The first-order valence-corrected chi connectivity index (χ1v) is 7.89. The Labute approximate surface area is 150 Å². The van der Waals surface area contributed by atoms with Gasteiger partial charge >= 0.3 is 0 Å². The number of methoxy groups -OCH3 is 2. The van der Waals surface area contributed by atoms with Gasteiger partial charge in [-0.15, -0.1) is 0 Å². The molecule has 1 aliphatic rings. The molecule has 3 N–H and O–H groups in total. The fourth-order valence-electron chi connectivity index (χ4n) is 2.85. The second-order valence-corrected chi connectivity index (χ2v) is 5.57. The summed E-state index contributed by atoms with van der Waals surface area (Å²) in [6, 6.07) is 7.70. The van der Waals surface area contributed by atoms with Gasteiger partial charge < -0.3 is 25.3 Å². The molecule has 0 atom stereocenters. The van der Waals surface area contributed by atoms with Crippen LogP contribution in [0.4, 0.5) is 11.5 Å². The van der Waals surface area contributed by atoms with Gasteiger partial charge in [-0.25, -0.2) is 0 Å². The SMILES string of the molecule is COc1cc2c(cc1OC)Oc1nc(N)c(C#N)c(NCCC#N)c1C2. The Hall–Kier alpha value is -3.65. The van der Waals surface area contributed by atoms with Crippen molar-refractivity contribution in [1.82, 2.24) is 4.98 Å². The lowest BCUT2D eigenvalue weighted by atomic mass is 9.98. The largest absolute Gasteiger partial charge is 0.493 e. The maximum Gasteiger partial charge on any atom is 0.226 e. The van der Waals surface area contributed by atoms with Crippen LogP contribution >= 0.6 is 0 Å². The minimum absolute atomic E-state index is 0.0784. The Morgan fingerprint density at radius 3 is 2.65 bits per heavy atom. The van der Waals surface area contributed by atoms with Crippen LogP contribution in [-0.4, -0.2) is 25.7 Å². The van der Waals surface area contributed by atoms with Crippen LogP contribution in [0.25, 0.3) is 0 Å². The predicted molar refractivity (Wildman–Crippen MR) is 94.5 cm³/mol. The first kappa shape index (κ1) is 17.2. The predicted octanol–water partition coefficient (Wildman–Crippen LogP) is 2.57. The van der Waals surface area contributed by atoms with Crippen molar-refractivity contribution in [3.05, 3.63) is 28.8 Å². The molecule has 0 fully saturated rings. The van der Waals surface area contributed by atoms with E-state index >= 15 is 0 Å². The molecule has 0 radical (unpaired) electrons. The second kappa shape index (κ2) is 7.08. The van der Waals surface area contributed by atoms with Crippen LogP contribution in [-0.2, 0) is 6.42 Å². The Balaban J connectivity index is 2.09. The molecule has 8 nitrogen and oxygen atoms in total. The molecule has 1 aromatic heterocycles. The highest BCUT2D eigenvalue weighted by Crippen LogP contribution is 2.45. The van der Waals surface area contributed by atoms with E-state index in [0.29, 0.717) is 53.8 Å². The highest BCUT2D eigenvalue weighted by molar-refractivity contribution is 5.74. The number of ether oxygens (including phenoxy) is 3. The number of nitrogens with one attached hydrogen (secondary N) is 1. The van der Waals surface area contributed by atoms with E-state index < -0.39 is 0 Å². The summed E-state index contributed by atoms with van der Waals surface area (Å²) >= 11 is 0. The summed E-state index contributed by atoms with van der Waals surface area (Å²) in [5.41, 5.74) is 8.30. The van der Waals surface area contributed by atoms with E-state index in [4.69, 9.17) is 25.2 Å². The molecule has 2 aromatic rings. The van der Waals surface area contributed by atoms with E-state index in [1.807, 2.05) is 6.07 Å². The molecule has 0 spiro atoms. The van der Waals surface area contributed by atoms with Crippen molar-refractivity contribution in [3.8, 4) is 35.3 Å². The molecule has 0 saturated carbocycles. The summed E-state index contributed by atoms with van der Waals surface area (Å²) in [6.45, 7) is 0.389. The summed E-state index contributed by atoms with van der Waals surface area (Å²) in [6.07, 6.45) is 0.770. The summed E-state index contributed by atoms with van der Waals surface area (Å²) in [5.74, 6) is 2.13. The molecule has 3 rings (SSSR count). The molecular formula is C18H17N5O3. The van der Waals surface area contributed by atoms with Gasteiger partial charge in [-0.05, 0) is 6.07 Å². The maximum absolute atomic E-state index is 9.45. The number of nitriles is 2. The van der Waals surface area contributed by atoms with E-state index in [2.05, 4.69) is 22.4 Å². The number of nitrogens with two attached hydrogens (primary N) is 1. The van der Waals surface area contributed by atoms with Crippen LogP contribution < -0.4 is 25.3 Å². The minimum Gasteiger partial charge on any atom is -0.493 e. The molecule has 1 aromatic carbocycles. The quantitative estimate of drug-likeness (QED) is 0.672. The Kier molecular flexibility index (Phi) is 4.68. The standard InChI is InChI=1S/C18H17N5O3/c1-24-14-7-10-6-11-16(22-5-3-4-19)12(9-20)17(21)23-18(11)26-13(10)8-15(14)25-2/h7-8H,3,5-6H2,1-2H3,(H3,21,22,23). The summed E-state index contributed by atoms with van der Waals surface area (Å²) < 4.78 is 16.6. The van der Waals surface area contributed by atoms with Crippen LogP contribution in [0.2, 0.25) is 0 Å². The Morgan fingerprint density at radius 1 is 1.27 bits per heavy atom. The number of hydrogen-bond acceptors (Lipinski definition) is 8. The van der Waals surface area contributed by atoms with E-state index in [1.165, 1.54) is 0 Å². The van der Waals surface area contributed by atoms with Crippen LogP contribution in [0.15, 0.2) is 12.1 Å². The average molecular weight is 351 g/mol. The smallest absolute Gasteiger partial charge is 0.226 e. The third-order valence-corrected chi connectivity index (χ3v) is 4.08. The van der Waals surface area contributed by atoms with Crippen molar-refractivity contribution in [2.75, 3.05) is 31.8 Å². The maximum atomic E-state index is 9.45. The molecule has 132 valence electrons. The van der Waals surface area contributed by atoms with Crippen LogP contribution in [0.3, 0.4) is 0 Å². The number of rotatable bonds is 5. The van der Waals surface area contributed by atoms with Gasteiger partial charge in [-0.1, -0.05) is 0 Å². The molecule has 0 aliphatic carbocycles. The van der Waals surface area contributed by atoms with Gasteiger partial charge in [-0.2, -0.15) is 15.5 Å². The first-order chi connectivity index (χ1) is 12.6. The lowest BCUT2D eigenvalue weighted by Gasteiger charge is -2.24. The summed E-state index contributed by atoms with van der Waals surface area (Å²) in [5, 5.41) is 21.3. The molecule has 0 bridgehead atoms. The highest BCUT2D eigenvalue weighted by Gasteiger charge is 2.27. The first-order valence-electron chi connectivity index (χ1n) is 7.89. The van der Waals surface area contributed by atoms with Crippen molar-refractivity contribution in [3.63, 3.8) is 0 Å². The lowest BCUT2D eigenvalue weighted by molar-refractivity contribution is 0.349. The average Bonchev–Trinajstić information content (AvgIpc) is 2.65. The second-order valence-electron chi connectivity index (χ2n) is 5.57. The van der Waals surface area contributed by atoms with Crippen molar-refractivity contribution in [1.29, 1.82) is 10.5 Å². The van der Waals surface area contributed by atoms with Gasteiger partial charge in [0, 0.05) is 30.2 Å². The normalized spacial score (nSPS) is 11.2. The fraction of sp³-hybridized carbons (Fsp3) is 0.278. The topological polar surface area (TPSA) is 126 Å². The number of aromatic nitrogens is 1. The zero-order valence-corrected chi connectivity index (χ0v) is 14.4. The summed E-state index contributed by atoms with van der Waals surface area (Å²) in [7, 11) is 3.11. The minimum atomic E-state index is 0.0784. The number of anilines is 2. The van der Waals surface area contributed by atoms with Gasteiger partial charge in [0.1, 0.15) is 23.2 Å². The third kappa shape index (κ3) is 2.89. The van der Waals surface area contributed by atoms with E-state index in [1.54, 1.807) is 20.3 Å². The molecule has 0 unspecified atom stereocenters. The molecule has 26 heavy (non-hydrogen) atoms. The van der Waals surface area contributed by atoms with Gasteiger partial charge in [-0.3, -0.25) is 0 Å². The van der Waals surface area contributed by atoms with E-state index in [0.717, 1.165) is 5.56 Å². The van der Waals surface area contributed by atoms with Crippen molar-refractivity contribution >= 4 is 11.5 Å². The number of benzene rings is 1. The molecule has 2 heterocycles. The van der Waals surface area contributed by atoms with Crippen molar-refractivity contribution in [2.45, 2.75) is 12.8 Å². The van der Waals surface area contributed by atoms with Gasteiger partial charge in [0.05, 0.1) is 32.4 Å². The Bertz CT molecular complexity index is 944. The molecule has 8 heteroatoms. The molecule has 1 aliphatic heterocycles. The number of nitrogens with zero attached hydrogens (tertiary/aromatic N) is 3. The number of hydrogen-bond donors (Lipinski definition) is 2. The van der Waals surface area contributed by atoms with Crippen molar-refractivity contribution in [2.24, 2.45) is 0 Å². The zero-order valence-electron chi connectivity index (χ0n) is 14.4. The zero-order chi connectivity index (χ0) is 18.7. The number of nitrogen functional groups attached to an aromatic ring is 1. The van der Waals surface area contributed by atoms with E-state index in [-0.39, 0.29) is 11.4 Å². The number of pyridine rings is 1. The van der Waals surface area contributed by atoms with Gasteiger partial charge in [0.15, 0.2) is 11.5 Å². The Morgan fingerprint density at radius 2 is 2.00 bits per heavy atom. The van der Waals surface area contributed by atoms with Crippen LogP contribution in [0.1, 0.15) is 23.1 Å². The lowest BCUT2D eigenvalue weighted by Crippen LogP contribution is -2.14. The van der Waals surface area contributed by atoms with Crippen molar-refractivity contribution < 1.29 is 14.2 Å².